The number of H-pyrrole nitrogens is 1. The normalized spacial score (nSPS) is 17.7. The van der Waals surface area contributed by atoms with Crippen molar-refractivity contribution in [1.29, 1.82) is 0 Å². The van der Waals surface area contributed by atoms with Crippen LogP contribution in [0.4, 0.5) is 5.69 Å². The van der Waals surface area contributed by atoms with Crippen molar-refractivity contribution in [3.05, 3.63) is 75.5 Å². The fourth-order valence-corrected chi connectivity index (χ4v) is 6.88. The lowest BCUT2D eigenvalue weighted by Crippen LogP contribution is -2.48. The third kappa shape index (κ3) is 8.72. The van der Waals surface area contributed by atoms with Gasteiger partial charge in [-0.1, -0.05) is 6.07 Å². The van der Waals surface area contributed by atoms with E-state index in [2.05, 4.69) is 33.0 Å². The number of amides is 1. The van der Waals surface area contributed by atoms with Crippen LogP contribution in [0.5, 0.6) is 0 Å². The Kier molecular flexibility index (Phi) is 11.1. The van der Waals surface area contributed by atoms with Crippen molar-refractivity contribution in [2.24, 2.45) is 5.92 Å². The largest absolute Gasteiger partial charge is 0.481 e. The lowest BCUT2D eigenvalue weighted by Gasteiger charge is -2.37. The van der Waals surface area contributed by atoms with E-state index < -0.39 is 5.97 Å². The van der Waals surface area contributed by atoms with Crippen LogP contribution < -0.4 is 10.5 Å². The summed E-state index contributed by atoms with van der Waals surface area (Å²) >= 11 is 0. The number of benzene rings is 1. The molecule has 2 aliphatic heterocycles. The van der Waals surface area contributed by atoms with Crippen LogP contribution >= 0.6 is 0 Å². The second-order valence-electron chi connectivity index (χ2n) is 12.8. The number of carboxylic acid groups (broad SMARTS) is 1. The fraction of sp³-hybridized carbons (Fsp3) is 0.514. The van der Waals surface area contributed by atoms with Crippen molar-refractivity contribution < 1.29 is 19.5 Å². The second kappa shape index (κ2) is 15.4. The molecule has 2 N–H and O–H groups in total. The average Bonchev–Trinajstić information content (AvgIpc) is 3.64. The maximum absolute atomic E-state index is 12.7. The van der Waals surface area contributed by atoms with Crippen LogP contribution in [0.3, 0.4) is 0 Å². The van der Waals surface area contributed by atoms with Gasteiger partial charge in [-0.2, -0.15) is 5.10 Å². The molecule has 0 saturated carbocycles. The van der Waals surface area contributed by atoms with Gasteiger partial charge in [0.15, 0.2) is 0 Å². The molecular weight excluding hydrogens is 584 g/mol. The van der Waals surface area contributed by atoms with E-state index in [0.717, 1.165) is 72.7 Å². The van der Waals surface area contributed by atoms with E-state index in [1.165, 1.54) is 6.07 Å². The maximum Gasteiger partial charge on any atom is 0.304 e. The first kappa shape index (κ1) is 33.1. The van der Waals surface area contributed by atoms with E-state index >= 15 is 0 Å². The number of unbranched alkanes of at least 4 members (excludes halogenated alkanes) is 1. The van der Waals surface area contributed by atoms with Gasteiger partial charge in [0.05, 0.1) is 17.8 Å². The topological polar surface area (TPSA) is 132 Å². The van der Waals surface area contributed by atoms with Crippen molar-refractivity contribution >= 4 is 23.9 Å². The van der Waals surface area contributed by atoms with Crippen molar-refractivity contribution in [2.45, 2.75) is 64.7 Å². The molecule has 2 aliphatic rings. The Morgan fingerprint density at radius 1 is 1.07 bits per heavy atom. The smallest absolute Gasteiger partial charge is 0.304 e. The molecule has 1 amide bonds. The van der Waals surface area contributed by atoms with E-state index in [4.69, 9.17) is 5.10 Å². The SMILES string of the molecule is Cc1cc(C)n(-c2cc(C(CC(=O)O)CN3CCC(CCc4cccc(=O)[nH]4)C3)cc(N3CCN(C(=O)CCCC=O)CC3)c2)n1. The monoisotopic (exact) mass is 630 g/mol. The molecule has 2 fully saturated rings. The Morgan fingerprint density at radius 2 is 1.85 bits per heavy atom. The second-order valence-corrected chi connectivity index (χ2v) is 12.8. The summed E-state index contributed by atoms with van der Waals surface area (Å²) in [5, 5.41) is 14.7. The molecule has 0 aliphatic carbocycles. The molecule has 0 radical (unpaired) electrons. The maximum atomic E-state index is 12.7. The molecule has 1 aromatic carbocycles. The summed E-state index contributed by atoms with van der Waals surface area (Å²) in [5.41, 5.74) is 5.66. The molecule has 2 saturated heterocycles. The van der Waals surface area contributed by atoms with Crippen molar-refractivity contribution in [3.63, 3.8) is 0 Å². The predicted octanol–water partition coefficient (Wildman–Crippen LogP) is 3.71. The molecule has 2 aromatic heterocycles. The number of rotatable bonds is 14. The van der Waals surface area contributed by atoms with Gasteiger partial charge >= 0.3 is 5.97 Å². The molecule has 46 heavy (non-hydrogen) atoms. The summed E-state index contributed by atoms with van der Waals surface area (Å²) in [5.74, 6) is -0.462. The molecule has 11 heteroatoms. The van der Waals surface area contributed by atoms with Crippen LogP contribution in [-0.4, -0.2) is 93.6 Å². The molecule has 11 nitrogen and oxygen atoms in total. The number of carbonyl (C=O) groups is 3. The lowest BCUT2D eigenvalue weighted by molar-refractivity contribution is -0.137. The first-order valence-corrected chi connectivity index (χ1v) is 16.5. The summed E-state index contributed by atoms with van der Waals surface area (Å²) < 4.78 is 1.92. The van der Waals surface area contributed by atoms with E-state index in [1.54, 1.807) is 6.07 Å². The van der Waals surface area contributed by atoms with Gasteiger partial charge in [-0.25, -0.2) is 4.68 Å². The van der Waals surface area contributed by atoms with Crippen LogP contribution in [0.25, 0.3) is 5.69 Å². The first-order valence-electron chi connectivity index (χ1n) is 16.5. The molecule has 2 unspecified atom stereocenters. The highest BCUT2D eigenvalue weighted by molar-refractivity contribution is 5.77. The third-order valence-corrected chi connectivity index (χ3v) is 9.28. The Hall–Kier alpha value is -4.25. The highest BCUT2D eigenvalue weighted by Gasteiger charge is 2.28. The molecule has 3 aromatic rings. The molecule has 0 spiro atoms. The molecular formula is C35H46N6O5. The van der Waals surface area contributed by atoms with Crippen LogP contribution in [-0.2, 0) is 20.8 Å². The van der Waals surface area contributed by atoms with Gasteiger partial charge < -0.3 is 29.6 Å². The summed E-state index contributed by atoms with van der Waals surface area (Å²) in [6.45, 7) is 8.99. The highest BCUT2D eigenvalue weighted by Crippen LogP contribution is 2.32. The summed E-state index contributed by atoms with van der Waals surface area (Å²) in [4.78, 5) is 56.6. The number of carboxylic acids is 1. The summed E-state index contributed by atoms with van der Waals surface area (Å²) in [7, 11) is 0. The number of nitrogens with zero attached hydrogens (tertiary/aromatic N) is 5. The average molecular weight is 631 g/mol. The minimum absolute atomic E-state index is 0.0233. The molecule has 0 bridgehead atoms. The number of hydrogen-bond donors (Lipinski definition) is 2. The van der Waals surface area contributed by atoms with Crippen molar-refractivity contribution in [2.75, 3.05) is 50.7 Å². The van der Waals surface area contributed by atoms with Gasteiger partial charge in [0.25, 0.3) is 0 Å². The number of carbonyl (C=O) groups excluding carboxylic acids is 2. The summed E-state index contributed by atoms with van der Waals surface area (Å²) in [6.07, 6.45) is 5.08. The number of nitrogens with one attached hydrogen (secondary N) is 1. The van der Waals surface area contributed by atoms with Gasteiger partial charge in [-0.3, -0.25) is 14.4 Å². The number of hydrogen-bond acceptors (Lipinski definition) is 7. The van der Waals surface area contributed by atoms with Crippen molar-refractivity contribution in [3.8, 4) is 5.69 Å². The third-order valence-electron chi connectivity index (χ3n) is 9.28. The number of aromatic nitrogens is 3. The Labute approximate surface area is 270 Å². The van der Waals surface area contributed by atoms with E-state index in [1.807, 2.05) is 35.6 Å². The van der Waals surface area contributed by atoms with Gasteiger partial charge in [-0.05, 0) is 87.9 Å². The minimum Gasteiger partial charge on any atom is -0.481 e. The number of aliphatic carboxylic acids is 1. The Bertz CT molecular complexity index is 1570. The van der Waals surface area contributed by atoms with Crippen LogP contribution in [0.2, 0.25) is 0 Å². The lowest BCUT2D eigenvalue weighted by atomic mass is 9.93. The fourth-order valence-electron chi connectivity index (χ4n) is 6.88. The van der Waals surface area contributed by atoms with E-state index in [-0.39, 0.29) is 23.8 Å². The zero-order valence-corrected chi connectivity index (χ0v) is 27.0. The van der Waals surface area contributed by atoms with Crippen LogP contribution in [0.1, 0.15) is 67.1 Å². The minimum atomic E-state index is -0.825. The number of anilines is 1. The van der Waals surface area contributed by atoms with Crippen LogP contribution in [0, 0.1) is 19.8 Å². The molecule has 5 rings (SSSR count). The zero-order valence-electron chi connectivity index (χ0n) is 27.0. The van der Waals surface area contributed by atoms with Crippen molar-refractivity contribution in [1.82, 2.24) is 24.6 Å². The van der Waals surface area contributed by atoms with Gasteiger partial charge in [0, 0.05) is 81.2 Å². The highest BCUT2D eigenvalue weighted by atomic mass is 16.4. The number of pyridine rings is 1. The quantitative estimate of drug-likeness (QED) is 0.204. The number of piperazine rings is 1. The zero-order chi connectivity index (χ0) is 32.6. The number of aryl methyl sites for hydroxylation is 3. The molecule has 246 valence electrons. The predicted molar refractivity (Wildman–Crippen MR) is 177 cm³/mol. The number of likely N-dealkylation sites (tertiary alicyclic amines) is 1. The number of aromatic amines is 1. The number of aldehydes is 1. The van der Waals surface area contributed by atoms with Gasteiger partial charge in [-0.15, -0.1) is 0 Å². The first-order chi connectivity index (χ1) is 22.2. The van der Waals surface area contributed by atoms with E-state index in [9.17, 15) is 24.3 Å². The Morgan fingerprint density at radius 3 is 2.54 bits per heavy atom. The molecule has 2 atom stereocenters. The molecule has 4 heterocycles. The van der Waals surface area contributed by atoms with Crippen LogP contribution in [0.15, 0.2) is 47.3 Å². The summed E-state index contributed by atoms with van der Waals surface area (Å²) in [6, 6.07) is 13.6. The van der Waals surface area contributed by atoms with E-state index in [0.29, 0.717) is 57.9 Å². The standard InChI is InChI=1S/C35H46N6O5/c1-25-18-26(2)41(37-25)32-20-28(19-31(22-32)39-13-15-40(16-14-39)34(44)8-3-4-17-42)29(21-35(45)46)24-38-12-11-27(23-38)9-10-30-6-5-7-33(43)36-30/h5-7,17-20,22,27,29H,3-4,8-16,21,23-24H2,1-2H3,(H,36,43)(H,45,46). The Balaban J connectivity index is 1.33. The van der Waals surface area contributed by atoms with Gasteiger partial charge in [0.1, 0.15) is 6.29 Å². The van der Waals surface area contributed by atoms with Gasteiger partial charge in [0.2, 0.25) is 11.5 Å².